The number of fused-ring (bicyclic) bond motifs is 1. The summed E-state index contributed by atoms with van der Waals surface area (Å²) in [6.07, 6.45) is 3.26. The second kappa shape index (κ2) is 5.63. The van der Waals surface area contributed by atoms with E-state index in [0.717, 1.165) is 19.4 Å². The highest BCUT2D eigenvalue weighted by Gasteiger charge is 2.35. The predicted octanol–water partition coefficient (Wildman–Crippen LogP) is 2.52. The molecule has 0 aliphatic carbocycles. The van der Waals surface area contributed by atoms with Crippen molar-refractivity contribution in [2.24, 2.45) is 5.41 Å². The van der Waals surface area contributed by atoms with E-state index in [1.165, 1.54) is 6.42 Å². The van der Waals surface area contributed by atoms with Crippen LogP contribution in [0.25, 0.3) is 0 Å². The van der Waals surface area contributed by atoms with Crippen molar-refractivity contribution in [3.8, 4) is 0 Å². The molecule has 2 unspecified atom stereocenters. The number of carbonyl (C=O) groups is 2. The molecule has 0 amide bonds. The van der Waals surface area contributed by atoms with Gasteiger partial charge in [0.25, 0.3) is 0 Å². The average molecular weight is 287 g/mol. The molecular formula is C13H21NO4S. The zero-order valence-electron chi connectivity index (χ0n) is 11.7. The average Bonchev–Trinajstić information content (AvgIpc) is 2.28. The van der Waals surface area contributed by atoms with Crippen LogP contribution in [0.15, 0.2) is 0 Å². The van der Waals surface area contributed by atoms with Crippen molar-refractivity contribution >= 4 is 27.3 Å². The molecule has 2 aliphatic rings. The van der Waals surface area contributed by atoms with Crippen LogP contribution < -0.4 is 0 Å². The quantitative estimate of drug-likeness (QED) is 0.444. The van der Waals surface area contributed by atoms with Gasteiger partial charge in [-0.2, -0.15) is 0 Å². The highest BCUT2D eigenvalue weighted by atomic mass is 32.2. The Morgan fingerprint density at radius 3 is 2.63 bits per heavy atom. The Hall–Kier alpha value is -0.880. The summed E-state index contributed by atoms with van der Waals surface area (Å²) < 4.78 is 12.2. The van der Waals surface area contributed by atoms with Crippen molar-refractivity contribution in [3.63, 3.8) is 0 Å². The number of nitrogens with zero attached hydrogens (tertiary/aromatic N) is 1. The Morgan fingerprint density at radius 2 is 2.05 bits per heavy atom. The molecule has 0 spiro atoms. The number of hydrogen-bond acceptors (Lipinski definition) is 5. The maximum Gasteiger partial charge on any atom is 0.378 e. The summed E-state index contributed by atoms with van der Waals surface area (Å²) in [5.74, 6) is -0.363. The molecule has 0 aromatic rings. The Bertz CT molecular complexity index is 413. The van der Waals surface area contributed by atoms with E-state index in [1.807, 2.05) is 5.37 Å². The van der Waals surface area contributed by atoms with Gasteiger partial charge in [-0.25, -0.2) is 9.10 Å². The first-order chi connectivity index (χ1) is 8.89. The van der Waals surface area contributed by atoms with Crippen molar-refractivity contribution in [1.29, 1.82) is 0 Å². The summed E-state index contributed by atoms with van der Waals surface area (Å²) in [4.78, 5) is 23.5. The molecule has 2 heterocycles. The van der Waals surface area contributed by atoms with Gasteiger partial charge in [-0.1, -0.05) is 0 Å². The predicted molar refractivity (Wildman–Crippen MR) is 74.9 cm³/mol. The fourth-order valence-electron chi connectivity index (χ4n) is 2.00. The van der Waals surface area contributed by atoms with Gasteiger partial charge in [-0.3, -0.25) is 4.79 Å². The highest BCUT2D eigenvalue weighted by molar-refractivity contribution is 8.25. The first-order valence-electron chi connectivity index (χ1n) is 6.57. The number of carbonyl (C=O) groups excluding carboxylic acids is 2. The van der Waals surface area contributed by atoms with Crippen molar-refractivity contribution in [2.75, 3.05) is 13.3 Å². The summed E-state index contributed by atoms with van der Waals surface area (Å²) in [7, 11) is -0.557. The molecule has 1 fully saturated rings. The van der Waals surface area contributed by atoms with Crippen LogP contribution in [0.1, 0.15) is 40.0 Å². The summed E-state index contributed by atoms with van der Waals surface area (Å²) in [6.45, 7) is 5.96. The zero-order chi connectivity index (χ0) is 14.0. The summed E-state index contributed by atoms with van der Waals surface area (Å²) in [5, 5.41) is 1.73. The number of esters is 1. The molecule has 0 aromatic carbocycles. The van der Waals surface area contributed by atoms with Crippen molar-refractivity contribution in [2.45, 2.75) is 46.1 Å². The topological polar surface area (TPSA) is 55.8 Å². The molecule has 2 atom stereocenters. The Labute approximate surface area is 116 Å². The van der Waals surface area contributed by atoms with Crippen LogP contribution in [0.2, 0.25) is 0 Å². The second-order valence-corrected chi connectivity index (χ2v) is 7.60. The third-order valence-corrected chi connectivity index (χ3v) is 5.26. The van der Waals surface area contributed by atoms with Gasteiger partial charge in [-0.05, 0) is 56.1 Å². The summed E-state index contributed by atoms with van der Waals surface area (Å²) in [6, 6.07) is 0.540. The van der Waals surface area contributed by atoms with Crippen molar-refractivity contribution in [1.82, 2.24) is 4.31 Å². The third-order valence-electron chi connectivity index (χ3n) is 3.27. The van der Waals surface area contributed by atoms with Crippen LogP contribution in [-0.2, 0) is 14.3 Å². The SMILES string of the molecule is CC(C)(C)C(=O)OCOC(=O)S1=CCCC2CCN21. The van der Waals surface area contributed by atoms with Gasteiger partial charge < -0.3 is 9.47 Å². The molecule has 0 saturated carbocycles. The minimum Gasteiger partial charge on any atom is -0.427 e. The Morgan fingerprint density at radius 1 is 1.32 bits per heavy atom. The molecule has 0 bridgehead atoms. The van der Waals surface area contributed by atoms with Gasteiger partial charge in [0.2, 0.25) is 6.79 Å². The van der Waals surface area contributed by atoms with Gasteiger partial charge in [0, 0.05) is 12.6 Å². The van der Waals surface area contributed by atoms with Crippen molar-refractivity contribution < 1.29 is 19.1 Å². The number of hydrogen-bond donors (Lipinski definition) is 0. The number of rotatable bonds is 2. The molecule has 19 heavy (non-hydrogen) atoms. The lowest BCUT2D eigenvalue weighted by molar-refractivity contribution is -0.160. The maximum atomic E-state index is 11.9. The second-order valence-electron chi connectivity index (χ2n) is 5.84. The van der Waals surface area contributed by atoms with E-state index in [0.29, 0.717) is 6.04 Å². The van der Waals surface area contributed by atoms with Gasteiger partial charge >= 0.3 is 11.3 Å². The fraction of sp³-hybridized carbons (Fsp3) is 0.769. The first-order valence-corrected chi connectivity index (χ1v) is 7.81. The zero-order valence-corrected chi connectivity index (χ0v) is 12.5. The van der Waals surface area contributed by atoms with E-state index in [-0.39, 0.29) is 18.1 Å². The van der Waals surface area contributed by atoms with E-state index >= 15 is 0 Å². The van der Waals surface area contributed by atoms with Crippen LogP contribution in [0, 0.1) is 5.41 Å². The van der Waals surface area contributed by atoms with E-state index in [4.69, 9.17) is 9.47 Å². The normalized spacial score (nSPS) is 26.7. The lowest BCUT2D eigenvalue weighted by atomic mass is 9.98. The number of ether oxygens (including phenoxy) is 2. The Kier molecular flexibility index (Phi) is 4.30. The molecule has 2 aliphatic heterocycles. The highest BCUT2D eigenvalue weighted by Crippen LogP contribution is 2.38. The van der Waals surface area contributed by atoms with E-state index in [2.05, 4.69) is 4.31 Å². The molecule has 6 heteroatoms. The van der Waals surface area contributed by atoms with Gasteiger partial charge in [0.15, 0.2) is 0 Å². The van der Waals surface area contributed by atoms with E-state index in [9.17, 15) is 9.59 Å². The molecule has 1 saturated heterocycles. The molecule has 0 radical (unpaired) electrons. The van der Waals surface area contributed by atoms with Crippen LogP contribution in [0.5, 0.6) is 0 Å². The van der Waals surface area contributed by atoms with Gasteiger partial charge in [-0.15, -0.1) is 0 Å². The summed E-state index contributed by atoms with van der Waals surface area (Å²) in [5.41, 5.74) is -0.575. The Balaban J connectivity index is 1.79. The minimum absolute atomic E-state index is 0.286. The van der Waals surface area contributed by atoms with E-state index < -0.39 is 16.1 Å². The molecule has 108 valence electrons. The summed E-state index contributed by atoms with van der Waals surface area (Å²) >= 11 is 0. The molecule has 0 N–H and O–H groups in total. The first kappa shape index (κ1) is 14.5. The lowest BCUT2D eigenvalue weighted by Gasteiger charge is -2.44. The van der Waals surface area contributed by atoms with Gasteiger partial charge in [0.05, 0.1) is 5.41 Å². The smallest absolute Gasteiger partial charge is 0.378 e. The van der Waals surface area contributed by atoms with Crippen LogP contribution in [0.4, 0.5) is 4.79 Å². The van der Waals surface area contributed by atoms with Crippen LogP contribution in [-0.4, -0.2) is 40.3 Å². The van der Waals surface area contributed by atoms with Crippen LogP contribution in [0.3, 0.4) is 0 Å². The van der Waals surface area contributed by atoms with Crippen LogP contribution >= 0.6 is 10.7 Å². The standard InChI is InChI=1S/C13H21NO4S/c1-13(2,3)11(15)17-9-18-12(16)19-8-4-5-10-6-7-14(10)19/h8,10H,4-7,9H2,1-3H3. The third kappa shape index (κ3) is 3.36. The molecular weight excluding hydrogens is 266 g/mol. The largest absolute Gasteiger partial charge is 0.427 e. The van der Waals surface area contributed by atoms with Crippen molar-refractivity contribution in [3.05, 3.63) is 0 Å². The fourth-order valence-corrected chi connectivity index (χ4v) is 3.89. The van der Waals surface area contributed by atoms with E-state index in [1.54, 1.807) is 20.8 Å². The molecule has 2 rings (SSSR count). The minimum atomic E-state index is -0.575. The maximum absolute atomic E-state index is 11.9. The van der Waals surface area contributed by atoms with Gasteiger partial charge in [0.1, 0.15) is 0 Å². The molecule has 0 aromatic heterocycles. The monoisotopic (exact) mass is 287 g/mol. The molecule has 5 nitrogen and oxygen atoms in total. The lowest BCUT2D eigenvalue weighted by Crippen LogP contribution is -2.46.